The minimum absolute atomic E-state index is 0.247. The monoisotopic (exact) mass is 292 g/mol. The van der Waals surface area contributed by atoms with E-state index in [4.69, 9.17) is 5.11 Å². The Morgan fingerprint density at radius 1 is 1.25 bits per heavy atom. The summed E-state index contributed by atoms with van der Waals surface area (Å²) in [6, 6.07) is 6.23. The first-order valence-electron chi connectivity index (χ1n) is 5.79. The van der Waals surface area contributed by atoms with E-state index in [0.29, 0.717) is 18.0 Å². The predicted molar refractivity (Wildman–Crippen MR) is 74.0 cm³/mol. The highest BCUT2D eigenvalue weighted by Crippen LogP contribution is 2.08. The lowest BCUT2D eigenvalue weighted by Crippen LogP contribution is -2.30. The Kier molecular flexibility index (Phi) is 4.61. The van der Waals surface area contributed by atoms with E-state index in [-0.39, 0.29) is 11.6 Å². The number of aromatic carboxylic acids is 1. The van der Waals surface area contributed by atoms with Crippen molar-refractivity contribution in [2.24, 2.45) is 0 Å². The van der Waals surface area contributed by atoms with Gasteiger partial charge < -0.3 is 10.4 Å². The van der Waals surface area contributed by atoms with Gasteiger partial charge in [-0.05, 0) is 24.1 Å². The number of carboxylic acid groups (broad SMARTS) is 1. The van der Waals surface area contributed by atoms with Crippen LogP contribution in [0.2, 0.25) is 0 Å². The zero-order valence-corrected chi connectivity index (χ0v) is 11.2. The third-order valence-electron chi connectivity index (χ3n) is 2.50. The van der Waals surface area contributed by atoms with Gasteiger partial charge in [0.1, 0.15) is 5.00 Å². The van der Waals surface area contributed by atoms with Crippen LogP contribution in [0, 0.1) is 0 Å². The van der Waals surface area contributed by atoms with Crippen molar-refractivity contribution in [2.75, 3.05) is 11.9 Å². The molecule has 2 aromatic rings. The van der Waals surface area contributed by atoms with Crippen molar-refractivity contribution in [3.63, 3.8) is 0 Å². The third kappa shape index (κ3) is 4.02. The number of amides is 2. The first-order chi connectivity index (χ1) is 9.65. The van der Waals surface area contributed by atoms with E-state index in [0.717, 1.165) is 17.1 Å². The van der Waals surface area contributed by atoms with Gasteiger partial charge in [-0.15, -0.1) is 5.10 Å². The van der Waals surface area contributed by atoms with Crippen molar-refractivity contribution in [3.05, 3.63) is 41.6 Å². The van der Waals surface area contributed by atoms with Crippen LogP contribution in [-0.2, 0) is 6.42 Å². The lowest BCUT2D eigenvalue weighted by molar-refractivity contribution is 0.0697. The predicted octanol–water partition coefficient (Wildman–Crippen LogP) is 1.60. The Morgan fingerprint density at radius 3 is 2.60 bits per heavy atom. The minimum atomic E-state index is -0.952. The van der Waals surface area contributed by atoms with Gasteiger partial charge in [0.25, 0.3) is 0 Å². The largest absolute Gasteiger partial charge is 0.478 e. The Bertz CT molecular complexity index is 583. The second-order valence-corrected chi connectivity index (χ2v) is 4.70. The van der Waals surface area contributed by atoms with Gasteiger partial charge in [0.15, 0.2) is 0 Å². The molecule has 0 saturated carbocycles. The number of carbonyl (C=O) groups excluding carboxylic acids is 1. The number of carboxylic acids is 1. The van der Waals surface area contributed by atoms with Gasteiger partial charge >= 0.3 is 12.0 Å². The molecule has 20 heavy (non-hydrogen) atoms. The summed E-state index contributed by atoms with van der Waals surface area (Å²) in [6.45, 7) is 0.449. The molecule has 0 saturated heterocycles. The number of nitrogens with zero attached hydrogens (tertiary/aromatic N) is 2. The maximum Gasteiger partial charge on any atom is 0.335 e. The van der Waals surface area contributed by atoms with Gasteiger partial charge in [-0.25, -0.2) is 9.59 Å². The summed E-state index contributed by atoms with van der Waals surface area (Å²) in [7, 11) is 0. The molecular weight excluding hydrogens is 280 g/mol. The fraction of sp³-hybridized carbons (Fsp3) is 0.167. The Morgan fingerprint density at radius 2 is 2.00 bits per heavy atom. The summed E-state index contributed by atoms with van der Waals surface area (Å²) in [4.78, 5) is 22.2. The molecule has 0 unspecified atom stereocenters. The zero-order valence-electron chi connectivity index (χ0n) is 10.4. The topological polar surface area (TPSA) is 104 Å². The zero-order chi connectivity index (χ0) is 14.4. The van der Waals surface area contributed by atoms with E-state index in [1.54, 1.807) is 24.3 Å². The fourth-order valence-electron chi connectivity index (χ4n) is 1.51. The van der Waals surface area contributed by atoms with E-state index in [1.807, 2.05) is 0 Å². The lowest BCUT2D eigenvalue weighted by atomic mass is 10.1. The molecule has 0 fully saturated rings. The number of aromatic nitrogens is 2. The van der Waals surface area contributed by atoms with Crippen molar-refractivity contribution >= 4 is 28.5 Å². The first-order valence-corrected chi connectivity index (χ1v) is 6.57. The molecule has 1 heterocycles. The normalized spacial score (nSPS) is 10.0. The average molecular weight is 292 g/mol. The van der Waals surface area contributed by atoms with E-state index >= 15 is 0 Å². The molecule has 0 atom stereocenters. The number of carbonyl (C=O) groups is 2. The van der Waals surface area contributed by atoms with Gasteiger partial charge in [-0.1, -0.05) is 16.6 Å². The summed E-state index contributed by atoms with van der Waals surface area (Å²) >= 11 is 1.10. The summed E-state index contributed by atoms with van der Waals surface area (Å²) in [5, 5.41) is 18.2. The summed E-state index contributed by atoms with van der Waals surface area (Å²) in [6.07, 6.45) is 2.09. The molecule has 2 amide bonds. The molecule has 0 bridgehead atoms. The lowest BCUT2D eigenvalue weighted by Gasteiger charge is -2.05. The molecule has 0 aliphatic heterocycles. The highest BCUT2D eigenvalue weighted by Gasteiger charge is 2.04. The maximum atomic E-state index is 11.5. The highest BCUT2D eigenvalue weighted by atomic mass is 32.1. The summed E-state index contributed by atoms with van der Waals surface area (Å²) < 4.78 is 3.63. The van der Waals surface area contributed by atoms with Crippen molar-refractivity contribution in [1.82, 2.24) is 14.9 Å². The summed E-state index contributed by atoms with van der Waals surface area (Å²) in [5.74, 6) is -0.952. The number of rotatable bonds is 5. The molecular formula is C12H12N4O3S. The van der Waals surface area contributed by atoms with Crippen molar-refractivity contribution in [3.8, 4) is 0 Å². The molecule has 3 N–H and O–H groups in total. The van der Waals surface area contributed by atoms with Crippen LogP contribution in [0.4, 0.5) is 9.80 Å². The molecule has 8 heteroatoms. The second kappa shape index (κ2) is 6.62. The summed E-state index contributed by atoms with van der Waals surface area (Å²) in [5.41, 5.74) is 1.20. The molecule has 0 radical (unpaired) electrons. The van der Waals surface area contributed by atoms with Crippen LogP contribution < -0.4 is 10.6 Å². The highest BCUT2D eigenvalue weighted by molar-refractivity contribution is 7.10. The van der Waals surface area contributed by atoms with E-state index in [2.05, 4.69) is 20.2 Å². The van der Waals surface area contributed by atoms with Crippen LogP contribution in [-0.4, -0.2) is 33.2 Å². The second-order valence-electron chi connectivity index (χ2n) is 3.91. The Labute approximate surface area is 118 Å². The number of anilines is 1. The number of hydrogen-bond acceptors (Lipinski definition) is 5. The van der Waals surface area contributed by atoms with Crippen molar-refractivity contribution < 1.29 is 14.7 Å². The molecule has 104 valence electrons. The van der Waals surface area contributed by atoms with Gasteiger partial charge in [0, 0.05) is 18.1 Å². The van der Waals surface area contributed by atoms with Gasteiger partial charge in [0.2, 0.25) is 0 Å². The molecule has 2 rings (SSSR count). The van der Waals surface area contributed by atoms with Crippen LogP contribution in [0.15, 0.2) is 30.5 Å². The van der Waals surface area contributed by atoms with Gasteiger partial charge in [0.05, 0.1) is 11.8 Å². The number of nitrogens with one attached hydrogen (secondary N) is 2. The quantitative estimate of drug-likeness (QED) is 0.776. The van der Waals surface area contributed by atoms with Crippen LogP contribution in [0.1, 0.15) is 15.9 Å². The molecule has 1 aromatic heterocycles. The Balaban J connectivity index is 1.75. The smallest absolute Gasteiger partial charge is 0.335 e. The third-order valence-corrected chi connectivity index (χ3v) is 3.08. The van der Waals surface area contributed by atoms with Gasteiger partial charge in [-0.2, -0.15) is 0 Å². The van der Waals surface area contributed by atoms with Crippen molar-refractivity contribution in [2.45, 2.75) is 6.42 Å². The van der Waals surface area contributed by atoms with Crippen LogP contribution in [0.25, 0.3) is 0 Å². The average Bonchev–Trinajstić information content (AvgIpc) is 2.92. The SMILES string of the molecule is O=C(NCCc1ccc(C(=O)O)cc1)Nc1cnns1. The maximum absolute atomic E-state index is 11.5. The first kappa shape index (κ1) is 13.9. The Hall–Kier alpha value is -2.48. The minimum Gasteiger partial charge on any atom is -0.478 e. The van der Waals surface area contributed by atoms with Crippen LogP contribution in [0.5, 0.6) is 0 Å². The number of urea groups is 1. The van der Waals surface area contributed by atoms with Gasteiger partial charge in [-0.3, -0.25) is 5.32 Å². The number of hydrogen-bond donors (Lipinski definition) is 3. The molecule has 7 nitrogen and oxygen atoms in total. The molecule has 0 aliphatic rings. The van der Waals surface area contributed by atoms with E-state index in [1.165, 1.54) is 6.20 Å². The van der Waals surface area contributed by atoms with E-state index in [9.17, 15) is 9.59 Å². The standard InChI is InChI=1S/C12H12N4O3S/c17-11(18)9-3-1-8(2-4-9)5-6-13-12(19)15-10-7-14-16-20-10/h1-4,7H,5-6H2,(H,17,18)(H2,13,15,19). The van der Waals surface area contributed by atoms with Crippen molar-refractivity contribution in [1.29, 1.82) is 0 Å². The fourth-order valence-corrected chi connectivity index (χ4v) is 1.93. The molecule has 0 spiro atoms. The molecule has 1 aromatic carbocycles. The van der Waals surface area contributed by atoms with E-state index < -0.39 is 5.97 Å². The van der Waals surface area contributed by atoms with Crippen LogP contribution in [0.3, 0.4) is 0 Å². The molecule has 0 aliphatic carbocycles. The van der Waals surface area contributed by atoms with Crippen LogP contribution >= 0.6 is 11.5 Å². The number of benzene rings is 1.